The van der Waals surface area contributed by atoms with Gasteiger partial charge in [-0.1, -0.05) is 12.1 Å². The molecule has 0 spiro atoms. The van der Waals surface area contributed by atoms with Gasteiger partial charge in [0.25, 0.3) is 5.91 Å². The summed E-state index contributed by atoms with van der Waals surface area (Å²) in [5, 5.41) is 3.21. The van der Waals surface area contributed by atoms with Crippen molar-refractivity contribution in [2.75, 3.05) is 19.4 Å². The van der Waals surface area contributed by atoms with Crippen LogP contribution in [0.15, 0.2) is 42.5 Å². The van der Waals surface area contributed by atoms with Crippen LogP contribution in [0.3, 0.4) is 0 Å². The third kappa shape index (κ3) is 6.57. The van der Waals surface area contributed by atoms with Gasteiger partial charge in [0.05, 0.1) is 12.7 Å². The number of alkyl halides is 3. The van der Waals surface area contributed by atoms with Gasteiger partial charge in [0.15, 0.2) is 0 Å². The van der Waals surface area contributed by atoms with Crippen LogP contribution in [0.25, 0.3) is 0 Å². The van der Waals surface area contributed by atoms with Crippen molar-refractivity contribution in [1.82, 2.24) is 10.3 Å². The standard InChI is InChI=1S/C18H19F3N4O4/c1-28-13-6-7-14(15(22)8-13)17(27)25(23)10-16(26)24-9-11-2-4-12(5-3-11)29-18(19,20)21/h2-8H,9-10,22-23H2,1H3,(H,24,26). The Morgan fingerprint density at radius 1 is 1.10 bits per heavy atom. The van der Waals surface area contributed by atoms with Crippen LogP contribution in [0.4, 0.5) is 18.9 Å². The number of carbonyl (C=O) groups excluding carboxylic acids is 2. The van der Waals surface area contributed by atoms with Crippen molar-refractivity contribution in [1.29, 1.82) is 0 Å². The molecule has 2 aromatic rings. The molecule has 0 fully saturated rings. The largest absolute Gasteiger partial charge is 0.573 e. The lowest BCUT2D eigenvalue weighted by molar-refractivity contribution is -0.274. The molecule has 0 unspecified atom stereocenters. The summed E-state index contributed by atoms with van der Waals surface area (Å²) >= 11 is 0. The molecule has 0 saturated heterocycles. The number of hydrogen-bond donors (Lipinski definition) is 3. The van der Waals surface area contributed by atoms with Gasteiger partial charge in [0, 0.05) is 18.3 Å². The minimum Gasteiger partial charge on any atom is -0.497 e. The first-order valence-corrected chi connectivity index (χ1v) is 8.20. The molecule has 5 N–H and O–H groups in total. The Kier molecular flexibility index (Phi) is 6.89. The number of ether oxygens (including phenoxy) is 2. The van der Waals surface area contributed by atoms with Gasteiger partial charge in [-0.05, 0) is 29.8 Å². The summed E-state index contributed by atoms with van der Waals surface area (Å²) in [6.45, 7) is -0.419. The predicted octanol–water partition coefficient (Wildman–Crippen LogP) is 1.81. The van der Waals surface area contributed by atoms with E-state index in [-0.39, 0.29) is 23.5 Å². The second-order valence-electron chi connectivity index (χ2n) is 5.85. The van der Waals surface area contributed by atoms with Crippen molar-refractivity contribution in [2.45, 2.75) is 12.9 Å². The fourth-order valence-electron chi connectivity index (χ4n) is 2.31. The lowest BCUT2D eigenvalue weighted by atomic mass is 10.1. The van der Waals surface area contributed by atoms with Crippen LogP contribution >= 0.6 is 0 Å². The molecule has 29 heavy (non-hydrogen) atoms. The van der Waals surface area contributed by atoms with E-state index in [1.54, 1.807) is 0 Å². The number of halogens is 3. The van der Waals surface area contributed by atoms with Gasteiger partial charge in [-0.15, -0.1) is 13.2 Å². The van der Waals surface area contributed by atoms with E-state index in [4.69, 9.17) is 16.3 Å². The molecule has 0 saturated carbocycles. The molecule has 2 amide bonds. The van der Waals surface area contributed by atoms with Gasteiger partial charge in [-0.3, -0.25) is 14.6 Å². The lowest BCUT2D eigenvalue weighted by Gasteiger charge is -2.17. The number of carbonyl (C=O) groups is 2. The molecular weight excluding hydrogens is 393 g/mol. The molecule has 0 radical (unpaired) electrons. The summed E-state index contributed by atoms with van der Waals surface area (Å²) in [5.74, 6) is 4.52. The van der Waals surface area contributed by atoms with Crippen molar-refractivity contribution in [3.63, 3.8) is 0 Å². The number of nitrogens with two attached hydrogens (primary N) is 2. The Balaban J connectivity index is 1.87. The number of nitrogen functional groups attached to an aromatic ring is 1. The van der Waals surface area contributed by atoms with Crippen LogP contribution < -0.4 is 26.4 Å². The molecule has 0 atom stereocenters. The lowest BCUT2D eigenvalue weighted by Crippen LogP contribution is -2.44. The van der Waals surface area contributed by atoms with E-state index in [0.29, 0.717) is 16.3 Å². The van der Waals surface area contributed by atoms with E-state index in [9.17, 15) is 22.8 Å². The number of amides is 2. The van der Waals surface area contributed by atoms with Crippen LogP contribution in [0, 0.1) is 0 Å². The number of nitrogens with zero attached hydrogens (tertiary/aromatic N) is 1. The van der Waals surface area contributed by atoms with E-state index in [1.165, 1.54) is 37.4 Å². The normalized spacial score (nSPS) is 10.9. The van der Waals surface area contributed by atoms with Crippen LogP contribution in [0.1, 0.15) is 15.9 Å². The summed E-state index contributed by atoms with van der Waals surface area (Å²) in [6, 6.07) is 9.39. The first kappa shape index (κ1) is 21.8. The van der Waals surface area contributed by atoms with Crippen molar-refractivity contribution in [3.05, 3.63) is 53.6 Å². The monoisotopic (exact) mass is 412 g/mol. The van der Waals surface area contributed by atoms with Crippen LogP contribution in [0.5, 0.6) is 11.5 Å². The van der Waals surface area contributed by atoms with E-state index >= 15 is 0 Å². The summed E-state index contributed by atoms with van der Waals surface area (Å²) in [6.07, 6.45) is -4.78. The molecule has 0 aliphatic carbocycles. The highest BCUT2D eigenvalue weighted by Crippen LogP contribution is 2.23. The maximum Gasteiger partial charge on any atom is 0.573 e. The Labute approximate surface area is 164 Å². The molecule has 0 aliphatic heterocycles. The number of nitrogens with one attached hydrogen (secondary N) is 1. The Bertz CT molecular complexity index is 872. The summed E-state index contributed by atoms with van der Waals surface area (Å²) in [4.78, 5) is 24.3. The highest BCUT2D eigenvalue weighted by atomic mass is 19.4. The van der Waals surface area contributed by atoms with Gasteiger partial charge in [-0.2, -0.15) is 0 Å². The van der Waals surface area contributed by atoms with Crippen molar-refractivity contribution < 1.29 is 32.2 Å². The summed E-state index contributed by atoms with van der Waals surface area (Å²) in [5.41, 5.74) is 6.57. The maximum atomic E-state index is 12.3. The van der Waals surface area contributed by atoms with Crippen LogP contribution in [0.2, 0.25) is 0 Å². The molecule has 2 aromatic carbocycles. The molecule has 0 heterocycles. The third-order valence-corrected chi connectivity index (χ3v) is 3.71. The number of anilines is 1. The zero-order chi connectivity index (χ0) is 21.6. The second-order valence-corrected chi connectivity index (χ2v) is 5.85. The summed E-state index contributed by atoms with van der Waals surface area (Å²) in [7, 11) is 1.45. The average Bonchev–Trinajstić information content (AvgIpc) is 2.65. The Morgan fingerprint density at radius 2 is 1.72 bits per heavy atom. The minimum absolute atomic E-state index is 0.0256. The first-order chi connectivity index (χ1) is 13.6. The second kappa shape index (κ2) is 9.15. The molecule has 0 aromatic heterocycles. The molecule has 0 aliphatic rings. The van der Waals surface area contributed by atoms with Gasteiger partial charge in [0.2, 0.25) is 5.91 Å². The average molecular weight is 412 g/mol. The van der Waals surface area contributed by atoms with Crippen molar-refractivity contribution in [2.24, 2.45) is 5.84 Å². The molecule has 8 nitrogen and oxygen atoms in total. The fourth-order valence-corrected chi connectivity index (χ4v) is 2.31. The number of rotatable bonds is 7. The van der Waals surface area contributed by atoms with E-state index < -0.39 is 24.7 Å². The number of benzene rings is 2. The highest BCUT2D eigenvalue weighted by Gasteiger charge is 2.30. The van der Waals surface area contributed by atoms with Gasteiger partial charge in [0.1, 0.15) is 18.0 Å². The SMILES string of the molecule is COc1ccc(C(=O)N(N)CC(=O)NCc2ccc(OC(F)(F)F)cc2)c(N)c1. The zero-order valence-corrected chi connectivity index (χ0v) is 15.3. The van der Waals surface area contributed by atoms with Crippen molar-refractivity contribution in [3.8, 4) is 11.5 Å². The van der Waals surface area contributed by atoms with E-state index in [1.807, 2.05) is 0 Å². The van der Waals surface area contributed by atoms with E-state index in [2.05, 4.69) is 10.1 Å². The molecule has 0 bridgehead atoms. The fraction of sp³-hybridized carbons (Fsp3) is 0.222. The van der Waals surface area contributed by atoms with E-state index in [0.717, 1.165) is 12.1 Å². The van der Waals surface area contributed by atoms with Gasteiger partial charge in [-0.25, -0.2) is 5.84 Å². The topological polar surface area (TPSA) is 120 Å². The molecule has 2 rings (SSSR count). The Hall–Kier alpha value is -3.47. The van der Waals surface area contributed by atoms with Crippen molar-refractivity contribution >= 4 is 17.5 Å². The predicted molar refractivity (Wildman–Crippen MR) is 97.6 cm³/mol. The first-order valence-electron chi connectivity index (χ1n) is 8.20. The minimum atomic E-state index is -4.78. The van der Waals surface area contributed by atoms with Gasteiger partial charge >= 0.3 is 6.36 Å². The zero-order valence-electron chi connectivity index (χ0n) is 15.3. The third-order valence-electron chi connectivity index (χ3n) is 3.71. The highest BCUT2D eigenvalue weighted by molar-refractivity contribution is 6.00. The molecule has 156 valence electrons. The molecular formula is C18H19F3N4O4. The number of hydrazine groups is 1. The quantitative estimate of drug-likeness (QED) is 0.276. The Morgan fingerprint density at radius 3 is 2.28 bits per heavy atom. The number of hydrogen-bond acceptors (Lipinski definition) is 6. The smallest absolute Gasteiger partial charge is 0.497 e. The van der Waals surface area contributed by atoms with Gasteiger partial charge < -0.3 is 20.5 Å². The van der Waals surface area contributed by atoms with Crippen LogP contribution in [-0.4, -0.2) is 36.8 Å². The molecule has 11 heteroatoms. The number of methoxy groups -OCH3 is 1. The van der Waals surface area contributed by atoms with Crippen LogP contribution in [-0.2, 0) is 11.3 Å². The maximum absolute atomic E-state index is 12.3. The summed E-state index contributed by atoms with van der Waals surface area (Å²) < 4.78 is 45.1.